The van der Waals surface area contributed by atoms with Crippen molar-refractivity contribution in [2.45, 2.75) is 19.1 Å². The van der Waals surface area contributed by atoms with Crippen molar-refractivity contribution in [2.24, 2.45) is 11.8 Å². The van der Waals surface area contributed by atoms with E-state index in [9.17, 15) is 4.79 Å². The van der Waals surface area contributed by atoms with Gasteiger partial charge in [0.25, 0.3) is 0 Å². The number of carbonyl (C=O) groups excluding carboxylic acids is 1. The average Bonchev–Trinajstić information content (AvgIpc) is 2.10. The average molecular weight is 253 g/mol. The molecule has 0 aromatic rings. The normalized spacial score (nSPS) is 19.7. The third-order valence-corrected chi connectivity index (χ3v) is 3.87. The monoisotopic (exact) mass is 252 g/mol. The molecule has 0 bridgehead atoms. The number of hydrogen-bond acceptors (Lipinski definition) is 3. The van der Waals surface area contributed by atoms with Crippen LogP contribution in [0.25, 0.3) is 0 Å². The van der Waals surface area contributed by atoms with Crippen molar-refractivity contribution < 1.29 is 4.79 Å². The van der Waals surface area contributed by atoms with Gasteiger partial charge in [0.05, 0.1) is 0 Å². The summed E-state index contributed by atoms with van der Waals surface area (Å²) in [4.78, 5) is 11.6. The van der Waals surface area contributed by atoms with E-state index >= 15 is 0 Å². The fourth-order valence-electron chi connectivity index (χ4n) is 1.37. The van der Waals surface area contributed by atoms with Crippen LogP contribution in [0.1, 0.15) is 13.8 Å². The van der Waals surface area contributed by atoms with Crippen molar-refractivity contribution >= 4 is 30.1 Å². The highest BCUT2D eigenvalue weighted by molar-refractivity contribution is 7.99. The first-order valence-electron chi connectivity index (χ1n) is 5.16. The van der Waals surface area contributed by atoms with Crippen LogP contribution in [0.3, 0.4) is 0 Å². The molecule has 0 aromatic carbocycles. The summed E-state index contributed by atoms with van der Waals surface area (Å²) in [5.41, 5.74) is 0. The van der Waals surface area contributed by atoms with E-state index in [0.717, 1.165) is 19.6 Å². The highest BCUT2D eigenvalue weighted by Gasteiger charge is 2.28. The molecule has 1 amide bonds. The standard InChI is InChI=1S/C10H20N2OS.ClH/c1-7(14-3)4-12-10(13)8(2)9-5-11-6-9;/h7-9,11H,4-6H2,1-3H3,(H,12,13);1H. The predicted octanol–water partition coefficient (Wildman–Crippen LogP) is 1.13. The predicted molar refractivity (Wildman–Crippen MR) is 68.8 cm³/mol. The maximum atomic E-state index is 11.6. The van der Waals surface area contributed by atoms with Crippen LogP contribution < -0.4 is 10.6 Å². The minimum atomic E-state index is 0. The third kappa shape index (κ3) is 4.62. The SMILES string of the molecule is CSC(C)CNC(=O)C(C)C1CNC1.Cl. The molecule has 1 rings (SSSR count). The van der Waals surface area contributed by atoms with Crippen LogP contribution >= 0.6 is 24.2 Å². The van der Waals surface area contributed by atoms with Crippen molar-refractivity contribution in [1.29, 1.82) is 0 Å². The molecule has 1 fully saturated rings. The second-order valence-electron chi connectivity index (χ2n) is 4.00. The minimum absolute atomic E-state index is 0. The Labute approximate surface area is 103 Å². The summed E-state index contributed by atoms with van der Waals surface area (Å²) in [5.74, 6) is 0.905. The van der Waals surface area contributed by atoms with Crippen LogP contribution in [0.15, 0.2) is 0 Å². The molecule has 90 valence electrons. The van der Waals surface area contributed by atoms with Gasteiger partial charge in [-0.15, -0.1) is 12.4 Å². The zero-order valence-electron chi connectivity index (χ0n) is 9.58. The van der Waals surface area contributed by atoms with Crippen molar-refractivity contribution in [3.05, 3.63) is 0 Å². The van der Waals surface area contributed by atoms with Crippen molar-refractivity contribution in [3.63, 3.8) is 0 Å². The van der Waals surface area contributed by atoms with Gasteiger partial charge in [-0.3, -0.25) is 4.79 Å². The summed E-state index contributed by atoms with van der Waals surface area (Å²) >= 11 is 1.78. The van der Waals surface area contributed by atoms with Crippen LogP contribution in [0.2, 0.25) is 0 Å². The van der Waals surface area contributed by atoms with E-state index in [2.05, 4.69) is 23.8 Å². The van der Waals surface area contributed by atoms with Gasteiger partial charge in [0.2, 0.25) is 5.91 Å². The van der Waals surface area contributed by atoms with Gasteiger partial charge >= 0.3 is 0 Å². The first-order valence-corrected chi connectivity index (χ1v) is 6.45. The Kier molecular flexibility index (Phi) is 7.40. The van der Waals surface area contributed by atoms with E-state index in [1.54, 1.807) is 11.8 Å². The van der Waals surface area contributed by atoms with E-state index in [1.807, 2.05) is 6.92 Å². The molecule has 0 radical (unpaired) electrons. The lowest BCUT2D eigenvalue weighted by Crippen LogP contribution is -2.50. The number of thioether (sulfide) groups is 1. The Balaban J connectivity index is 0.00000196. The van der Waals surface area contributed by atoms with E-state index in [0.29, 0.717) is 11.2 Å². The van der Waals surface area contributed by atoms with Gasteiger partial charge in [-0.1, -0.05) is 13.8 Å². The fourth-order valence-corrected chi connectivity index (χ4v) is 1.62. The lowest BCUT2D eigenvalue weighted by atomic mass is 9.88. The van der Waals surface area contributed by atoms with Gasteiger partial charge in [-0.25, -0.2) is 0 Å². The first kappa shape index (κ1) is 15.1. The number of rotatable bonds is 5. The molecule has 2 atom stereocenters. The summed E-state index contributed by atoms with van der Waals surface area (Å²) in [6, 6.07) is 0. The van der Waals surface area contributed by atoms with Gasteiger partial charge in [0.15, 0.2) is 0 Å². The smallest absolute Gasteiger partial charge is 0.223 e. The fraction of sp³-hybridized carbons (Fsp3) is 0.900. The Morgan fingerprint density at radius 2 is 2.13 bits per heavy atom. The van der Waals surface area contributed by atoms with Crippen LogP contribution in [-0.2, 0) is 4.79 Å². The summed E-state index contributed by atoms with van der Waals surface area (Å²) in [6.07, 6.45) is 2.07. The van der Waals surface area contributed by atoms with Crippen molar-refractivity contribution in [1.82, 2.24) is 10.6 Å². The lowest BCUT2D eigenvalue weighted by Gasteiger charge is -2.31. The molecule has 1 aliphatic heterocycles. The van der Waals surface area contributed by atoms with Crippen molar-refractivity contribution in [2.75, 3.05) is 25.9 Å². The van der Waals surface area contributed by atoms with Crippen LogP contribution in [0, 0.1) is 11.8 Å². The lowest BCUT2D eigenvalue weighted by molar-refractivity contribution is -0.126. The van der Waals surface area contributed by atoms with Crippen LogP contribution in [0.4, 0.5) is 0 Å². The Hall–Kier alpha value is 0.0700. The maximum absolute atomic E-state index is 11.6. The molecule has 5 heteroatoms. The molecule has 2 unspecified atom stereocenters. The highest BCUT2D eigenvalue weighted by atomic mass is 35.5. The number of carbonyl (C=O) groups is 1. The number of nitrogens with one attached hydrogen (secondary N) is 2. The van der Waals surface area contributed by atoms with Crippen LogP contribution in [0.5, 0.6) is 0 Å². The molecule has 1 saturated heterocycles. The van der Waals surface area contributed by atoms with E-state index in [1.165, 1.54) is 0 Å². The number of halogens is 1. The molecule has 1 heterocycles. The molecule has 0 aliphatic carbocycles. The molecule has 0 aromatic heterocycles. The van der Waals surface area contributed by atoms with Crippen molar-refractivity contribution in [3.8, 4) is 0 Å². The largest absolute Gasteiger partial charge is 0.355 e. The Morgan fingerprint density at radius 3 is 2.53 bits per heavy atom. The summed E-state index contributed by atoms with van der Waals surface area (Å²) < 4.78 is 0. The molecule has 15 heavy (non-hydrogen) atoms. The van der Waals surface area contributed by atoms with E-state index in [4.69, 9.17) is 0 Å². The molecule has 2 N–H and O–H groups in total. The summed E-state index contributed by atoms with van der Waals surface area (Å²) in [5, 5.41) is 6.69. The quantitative estimate of drug-likeness (QED) is 0.771. The summed E-state index contributed by atoms with van der Waals surface area (Å²) in [7, 11) is 0. The Morgan fingerprint density at radius 1 is 1.53 bits per heavy atom. The minimum Gasteiger partial charge on any atom is -0.355 e. The van der Waals surface area contributed by atoms with Gasteiger partial charge in [-0.2, -0.15) is 11.8 Å². The molecule has 1 aliphatic rings. The number of hydrogen-bond donors (Lipinski definition) is 2. The molecular formula is C10H21ClN2OS. The highest BCUT2D eigenvalue weighted by Crippen LogP contribution is 2.15. The zero-order chi connectivity index (χ0) is 10.6. The van der Waals surface area contributed by atoms with Gasteiger partial charge < -0.3 is 10.6 Å². The zero-order valence-corrected chi connectivity index (χ0v) is 11.2. The molecule has 0 spiro atoms. The van der Waals surface area contributed by atoms with Gasteiger partial charge in [-0.05, 0) is 25.3 Å². The molecule has 0 saturated carbocycles. The van der Waals surface area contributed by atoms with E-state index < -0.39 is 0 Å². The second kappa shape index (κ2) is 7.36. The van der Waals surface area contributed by atoms with Crippen LogP contribution in [-0.4, -0.2) is 37.0 Å². The Bertz CT molecular complexity index is 200. The molecule has 3 nitrogen and oxygen atoms in total. The second-order valence-corrected chi connectivity index (χ2v) is 5.27. The van der Waals surface area contributed by atoms with E-state index in [-0.39, 0.29) is 24.2 Å². The topological polar surface area (TPSA) is 41.1 Å². The molecular weight excluding hydrogens is 232 g/mol. The number of amides is 1. The first-order chi connectivity index (χ1) is 6.65. The van der Waals surface area contributed by atoms with Gasteiger partial charge in [0.1, 0.15) is 0 Å². The summed E-state index contributed by atoms with van der Waals surface area (Å²) in [6.45, 7) is 6.91. The third-order valence-electron chi connectivity index (χ3n) is 2.90. The van der Waals surface area contributed by atoms with Gasteiger partial charge in [0, 0.05) is 17.7 Å². The maximum Gasteiger partial charge on any atom is 0.223 e.